The summed E-state index contributed by atoms with van der Waals surface area (Å²) in [7, 11) is 0. The highest BCUT2D eigenvalue weighted by Gasteiger charge is 2.30. The third kappa shape index (κ3) is 2.96. The van der Waals surface area contributed by atoms with Crippen molar-refractivity contribution >= 4 is 5.91 Å². The zero-order chi connectivity index (χ0) is 10.8. The number of nitrogens with one attached hydrogen (secondary N) is 1. The van der Waals surface area contributed by atoms with E-state index in [-0.39, 0.29) is 11.8 Å². The lowest BCUT2D eigenvalue weighted by Crippen LogP contribution is -2.54. The minimum atomic E-state index is -0.803. The maximum Gasteiger partial charge on any atom is 0.228 e. The number of hydrogen-bond acceptors (Lipinski definition) is 3. The Balaban J connectivity index is 2.48. The molecule has 0 aromatic rings. The van der Waals surface area contributed by atoms with Gasteiger partial charge in [0.05, 0.1) is 11.5 Å². The predicted molar refractivity (Wildman–Crippen MR) is 54.9 cm³/mol. The van der Waals surface area contributed by atoms with Gasteiger partial charge in [-0.1, -0.05) is 0 Å². The Bertz CT molecular complexity index is 207. The number of nitrogens with zero attached hydrogens (tertiary/aromatic N) is 1. The third-order valence-corrected chi connectivity index (χ3v) is 2.40. The summed E-state index contributed by atoms with van der Waals surface area (Å²) < 4.78 is 0. The van der Waals surface area contributed by atoms with Gasteiger partial charge in [0.1, 0.15) is 0 Å². The van der Waals surface area contributed by atoms with E-state index >= 15 is 0 Å². The number of rotatable bonds is 4. The second kappa shape index (κ2) is 4.28. The van der Waals surface area contributed by atoms with Gasteiger partial charge in [0.25, 0.3) is 0 Å². The van der Waals surface area contributed by atoms with Crippen molar-refractivity contribution in [2.45, 2.75) is 26.4 Å². The molecule has 4 heteroatoms. The molecule has 0 spiro atoms. The maximum absolute atomic E-state index is 11.8. The Morgan fingerprint density at radius 3 is 2.43 bits per heavy atom. The van der Waals surface area contributed by atoms with Crippen LogP contribution < -0.4 is 5.32 Å². The van der Waals surface area contributed by atoms with E-state index in [4.69, 9.17) is 0 Å². The van der Waals surface area contributed by atoms with Crippen molar-refractivity contribution in [3.05, 3.63) is 0 Å². The molecule has 1 heterocycles. The summed E-state index contributed by atoms with van der Waals surface area (Å²) >= 11 is 0. The summed E-state index contributed by atoms with van der Waals surface area (Å²) in [6, 6.07) is 0. The van der Waals surface area contributed by atoms with Crippen molar-refractivity contribution in [3.8, 4) is 0 Å². The number of amides is 1. The largest absolute Gasteiger partial charge is 0.389 e. The first-order chi connectivity index (χ1) is 6.44. The first-order valence-corrected chi connectivity index (χ1v) is 5.16. The summed E-state index contributed by atoms with van der Waals surface area (Å²) in [6.07, 6.45) is 0. The quantitative estimate of drug-likeness (QED) is 0.662. The van der Waals surface area contributed by atoms with Crippen molar-refractivity contribution in [2.75, 3.05) is 26.2 Å². The molecule has 0 aromatic heterocycles. The van der Waals surface area contributed by atoms with Crippen LogP contribution in [0.25, 0.3) is 0 Å². The fourth-order valence-corrected chi connectivity index (χ4v) is 1.53. The molecule has 0 aromatic carbocycles. The average molecular weight is 200 g/mol. The van der Waals surface area contributed by atoms with E-state index in [0.29, 0.717) is 13.1 Å². The van der Waals surface area contributed by atoms with Crippen molar-refractivity contribution in [1.82, 2.24) is 10.2 Å². The summed E-state index contributed by atoms with van der Waals surface area (Å²) in [6.45, 7) is 8.03. The fourth-order valence-electron chi connectivity index (χ4n) is 1.53. The highest BCUT2D eigenvalue weighted by molar-refractivity contribution is 5.80. The van der Waals surface area contributed by atoms with Crippen LogP contribution in [-0.2, 0) is 4.79 Å². The number of carbonyl (C=O) groups is 1. The topological polar surface area (TPSA) is 52.6 Å². The number of aliphatic hydroxyl groups is 1. The van der Waals surface area contributed by atoms with Crippen LogP contribution in [0.15, 0.2) is 0 Å². The molecular weight excluding hydrogens is 180 g/mol. The molecule has 1 amide bonds. The van der Waals surface area contributed by atoms with Gasteiger partial charge >= 0.3 is 0 Å². The molecule has 14 heavy (non-hydrogen) atoms. The first-order valence-electron chi connectivity index (χ1n) is 5.16. The monoisotopic (exact) mass is 200 g/mol. The molecule has 0 bridgehead atoms. The van der Waals surface area contributed by atoms with Crippen molar-refractivity contribution in [1.29, 1.82) is 0 Å². The van der Waals surface area contributed by atoms with Gasteiger partial charge in [-0.2, -0.15) is 0 Å². The Hall–Kier alpha value is -0.610. The molecule has 1 saturated heterocycles. The van der Waals surface area contributed by atoms with Crippen molar-refractivity contribution < 1.29 is 9.90 Å². The minimum Gasteiger partial charge on any atom is -0.389 e. The van der Waals surface area contributed by atoms with Gasteiger partial charge in [-0.3, -0.25) is 4.79 Å². The second-order valence-corrected chi connectivity index (χ2v) is 4.52. The van der Waals surface area contributed by atoms with Gasteiger partial charge in [0, 0.05) is 26.2 Å². The third-order valence-electron chi connectivity index (χ3n) is 2.40. The van der Waals surface area contributed by atoms with Crippen LogP contribution in [0.2, 0.25) is 0 Å². The predicted octanol–water partition coefficient (Wildman–Crippen LogP) is -0.175. The van der Waals surface area contributed by atoms with Gasteiger partial charge < -0.3 is 15.3 Å². The molecule has 1 aliphatic heterocycles. The number of hydrogen-bond donors (Lipinski definition) is 2. The lowest BCUT2D eigenvalue weighted by Gasteiger charge is -2.34. The van der Waals surface area contributed by atoms with Gasteiger partial charge in [-0.25, -0.2) is 0 Å². The van der Waals surface area contributed by atoms with E-state index in [9.17, 15) is 9.90 Å². The SMILES string of the molecule is CCN(CC(C)(C)O)C(=O)C1CNC1. The van der Waals surface area contributed by atoms with Crippen LogP contribution in [0.3, 0.4) is 0 Å². The van der Waals surface area contributed by atoms with Crippen LogP contribution in [0.4, 0.5) is 0 Å². The molecule has 1 aliphatic rings. The number of carbonyl (C=O) groups excluding carboxylic acids is 1. The summed E-state index contributed by atoms with van der Waals surface area (Å²) in [5, 5.41) is 12.7. The van der Waals surface area contributed by atoms with Crippen LogP contribution >= 0.6 is 0 Å². The standard InChI is InChI=1S/C10H20N2O2/c1-4-12(7-10(2,3)14)9(13)8-5-11-6-8/h8,11,14H,4-7H2,1-3H3. The van der Waals surface area contributed by atoms with Gasteiger partial charge in [-0.05, 0) is 20.8 Å². The normalized spacial score (nSPS) is 17.7. The Morgan fingerprint density at radius 2 is 2.14 bits per heavy atom. The van der Waals surface area contributed by atoms with Gasteiger partial charge in [-0.15, -0.1) is 0 Å². The molecule has 0 saturated carbocycles. The highest BCUT2D eigenvalue weighted by Crippen LogP contribution is 2.11. The lowest BCUT2D eigenvalue weighted by atomic mass is 10.0. The Labute approximate surface area is 85.3 Å². The Kier molecular flexibility index (Phi) is 3.50. The zero-order valence-electron chi connectivity index (χ0n) is 9.21. The minimum absolute atomic E-state index is 0.122. The van der Waals surface area contributed by atoms with E-state index in [1.54, 1.807) is 18.7 Å². The molecule has 1 rings (SSSR count). The number of likely N-dealkylation sites (N-methyl/N-ethyl adjacent to an activating group) is 1. The second-order valence-electron chi connectivity index (χ2n) is 4.52. The van der Waals surface area contributed by atoms with Crippen LogP contribution in [0.5, 0.6) is 0 Å². The lowest BCUT2D eigenvalue weighted by molar-refractivity contribution is -0.139. The molecule has 0 radical (unpaired) electrons. The molecule has 0 unspecified atom stereocenters. The van der Waals surface area contributed by atoms with E-state index in [2.05, 4.69) is 5.32 Å². The summed E-state index contributed by atoms with van der Waals surface area (Å²) in [5.41, 5.74) is -0.803. The summed E-state index contributed by atoms with van der Waals surface area (Å²) in [4.78, 5) is 13.5. The van der Waals surface area contributed by atoms with Crippen LogP contribution in [-0.4, -0.2) is 47.7 Å². The van der Waals surface area contributed by atoms with Gasteiger partial charge in [0.15, 0.2) is 0 Å². The molecule has 4 nitrogen and oxygen atoms in total. The van der Waals surface area contributed by atoms with Crippen molar-refractivity contribution in [3.63, 3.8) is 0 Å². The van der Waals surface area contributed by atoms with Crippen LogP contribution in [0, 0.1) is 5.92 Å². The van der Waals surface area contributed by atoms with E-state index in [1.807, 2.05) is 6.92 Å². The summed E-state index contributed by atoms with van der Waals surface area (Å²) in [5.74, 6) is 0.283. The fraction of sp³-hybridized carbons (Fsp3) is 0.900. The first kappa shape index (κ1) is 11.5. The molecule has 0 atom stereocenters. The molecular formula is C10H20N2O2. The van der Waals surface area contributed by atoms with E-state index in [1.165, 1.54) is 0 Å². The zero-order valence-corrected chi connectivity index (χ0v) is 9.21. The highest BCUT2D eigenvalue weighted by atomic mass is 16.3. The average Bonchev–Trinajstić information content (AvgIpc) is 1.94. The molecule has 2 N–H and O–H groups in total. The maximum atomic E-state index is 11.8. The molecule has 1 fully saturated rings. The van der Waals surface area contributed by atoms with Gasteiger partial charge in [0.2, 0.25) is 5.91 Å². The smallest absolute Gasteiger partial charge is 0.228 e. The van der Waals surface area contributed by atoms with Crippen molar-refractivity contribution in [2.24, 2.45) is 5.92 Å². The van der Waals surface area contributed by atoms with E-state index < -0.39 is 5.60 Å². The van der Waals surface area contributed by atoms with E-state index in [0.717, 1.165) is 13.1 Å². The molecule has 0 aliphatic carbocycles. The van der Waals surface area contributed by atoms with Crippen LogP contribution in [0.1, 0.15) is 20.8 Å². The molecule has 82 valence electrons. The Morgan fingerprint density at radius 1 is 1.57 bits per heavy atom.